The lowest BCUT2D eigenvalue weighted by atomic mass is 9.74. The predicted octanol–water partition coefficient (Wildman–Crippen LogP) is 2.61. The maximum Gasteiger partial charge on any atom is 0.311 e. The van der Waals surface area contributed by atoms with Gasteiger partial charge in [0.25, 0.3) is 0 Å². The van der Waals surface area contributed by atoms with E-state index >= 15 is 0 Å². The van der Waals surface area contributed by atoms with Gasteiger partial charge in [0.2, 0.25) is 5.91 Å². The fraction of sp³-hybridized carbons (Fsp3) is 0.467. The van der Waals surface area contributed by atoms with Gasteiger partial charge >= 0.3 is 5.97 Å². The average molecular weight is 279 g/mol. The molecule has 0 aliphatic rings. The molecule has 5 nitrogen and oxygen atoms in total. The third-order valence-electron chi connectivity index (χ3n) is 3.69. The quantitative estimate of drug-likeness (QED) is 0.812. The van der Waals surface area contributed by atoms with Crippen molar-refractivity contribution >= 4 is 18.0 Å². The van der Waals surface area contributed by atoms with Gasteiger partial charge in [0.15, 0.2) is 0 Å². The average Bonchev–Trinajstić information content (AvgIpc) is 2.71. The second-order valence-corrected chi connectivity index (χ2v) is 5.83. The van der Waals surface area contributed by atoms with Crippen molar-refractivity contribution in [1.82, 2.24) is 5.32 Å². The first-order valence-electron chi connectivity index (χ1n) is 6.36. The van der Waals surface area contributed by atoms with E-state index in [2.05, 4.69) is 5.32 Å². The molecule has 0 unspecified atom stereocenters. The molecule has 5 heteroatoms. The van der Waals surface area contributed by atoms with E-state index in [1.165, 1.54) is 6.08 Å². The van der Waals surface area contributed by atoms with Crippen LogP contribution >= 0.6 is 0 Å². The van der Waals surface area contributed by atoms with E-state index in [0.29, 0.717) is 5.76 Å². The molecular formula is C15H21NO4. The summed E-state index contributed by atoms with van der Waals surface area (Å²) in [5.74, 6) is 0.0113. The molecule has 0 atom stereocenters. The largest absolute Gasteiger partial charge is 0.481 e. The number of aliphatic carboxylic acids is 1. The van der Waals surface area contributed by atoms with Crippen molar-refractivity contribution in [1.29, 1.82) is 0 Å². The molecule has 1 aromatic rings. The summed E-state index contributed by atoms with van der Waals surface area (Å²) in [6.07, 6.45) is 2.88. The number of hydrogen-bond donors (Lipinski definition) is 2. The first-order valence-corrected chi connectivity index (χ1v) is 6.36. The molecule has 0 saturated carbocycles. The van der Waals surface area contributed by atoms with Crippen LogP contribution in [0.25, 0.3) is 6.08 Å². The maximum atomic E-state index is 11.9. The Morgan fingerprint density at radius 1 is 1.25 bits per heavy atom. The molecule has 0 fully saturated rings. The van der Waals surface area contributed by atoms with E-state index in [0.717, 1.165) is 5.76 Å². The Hall–Kier alpha value is -2.04. The molecule has 110 valence electrons. The van der Waals surface area contributed by atoms with E-state index in [4.69, 9.17) is 4.42 Å². The zero-order chi connectivity index (χ0) is 15.6. The molecule has 2 N–H and O–H groups in total. The van der Waals surface area contributed by atoms with Crippen LogP contribution in [-0.4, -0.2) is 22.5 Å². The molecule has 0 aliphatic heterocycles. The molecule has 20 heavy (non-hydrogen) atoms. The highest BCUT2D eigenvalue weighted by Gasteiger charge is 2.44. The molecule has 0 spiro atoms. The lowest BCUT2D eigenvalue weighted by Crippen LogP contribution is -2.56. The molecule has 0 aliphatic carbocycles. The standard InChI is InChI=1S/C15H21NO4/c1-10-6-7-11(20-10)8-9-12(17)16-15(4,5)14(2,3)13(18)19/h6-9H,1-5H3,(H,16,17)(H,18,19). The first kappa shape index (κ1) is 16.0. The van der Waals surface area contributed by atoms with Crippen LogP contribution in [0.1, 0.15) is 39.2 Å². The lowest BCUT2D eigenvalue weighted by molar-refractivity contribution is -0.151. The summed E-state index contributed by atoms with van der Waals surface area (Å²) in [5, 5.41) is 11.9. The number of carboxylic acids is 1. The molecule has 1 aromatic heterocycles. The summed E-state index contributed by atoms with van der Waals surface area (Å²) >= 11 is 0. The van der Waals surface area contributed by atoms with Gasteiger partial charge in [-0.05, 0) is 52.8 Å². The zero-order valence-electron chi connectivity index (χ0n) is 12.5. The normalized spacial score (nSPS) is 12.7. The fourth-order valence-corrected chi connectivity index (χ4v) is 1.47. The van der Waals surface area contributed by atoms with E-state index in [9.17, 15) is 14.7 Å². The van der Waals surface area contributed by atoms with E-state index in [1.54, 1.807) is 45.9 Å². The van der Waals surface area contributed by atoms with Gasteiger partial charge < -0.3 is 14.8 Å². The van der Waals surface area contributed by atoms with E-state index < -0.39 is 16.9 Å². The minimum atomic E-state index is -1.09. The monoisotopic (exact) mass is 279 g/mol. The van der Waals surface area contributed by atoms with Crippen molar-refractivity contribution in [3.8, 4) is 0 Å². The number of furan rings is 1. The van der Waals surface area contributed by atoms with Crippen molar-refractivity contribution < 1.29 is 19.1 Å². The minimum Gasteiger partial charge on any atom is -0.481 e. The van der Waals surface area contributed by atoms with Gasteiger partial charge in [-0.25, -0.2) is 0 Å². The summed E-state index contributed by atoms with van der Waals surface area (Å²) in [4.78, 5) is 23.1. The Morgan fingerprint density at radius 3 is 2.30 bits per heavy atom. The highest BCUT2D eigenvalue weighted by atomic mass is 16.4. The fourth-order valence-electron chi connectivity index (χ4n) is 1.47. The van der Waals surface area contributed by atoms with Gasteiger partial charge in [0, 0.05) is 6.08 Å². The second-order valence-electron chi connectivity index (χ2n) is 5.83. The summed E-state index contributed by atoms with van der Waals surface area (Å²) in [6.45, 7) is 8.34. The van der Waals surface area contributed by atoms with Crippen LogP contribution in [0.15, 0.2) is 22.6 Å². The topological polar surface area (TPSA) is 79.5 Å². The Kier molecular flexibility index (Phi) is 4.43. The Labute approximate surface area is 118 Å². The SMILES string of the molecule is Cc1ccc(C=CC(=O)NC(C)(C)C(C)(C)C(=O)O)o1. The maximum absolute atomic E-state index is 11.9. The highest BCUT2D eigenvalue weighted by molar-refractivity contribution is 5.92. The minimum absolute atomic E-state index is 0.363. The van der Waals surface area contributed by atoms with Crippen LogP contribution in [0, 0.1) is 12.3 Å². The van der Waals surface area contributed by atoms with Crippen LogP contribution in [0.2, 0.25) is 0 Å². The van der Waals surface area contributed by atoms with Crippen molar-refractivity contribution in [3.05, 3.63) is 29.7 Å². The molecular weight excluding hydrogens is 258 g/mol. The number of aryl methyl sites for hydroxylation is 1. The first-order chi connectivity index (χ1) is 9.06. The van der Waals surface area contributed by atoms with Crippen molar-refractivity contribution in [3.63, 3.8) is 0 Å². The van der Waals surface area contributed by atoms with Crippen molar-refractivity contribution in [2.24, 2.45) is 5.41 Å². The van der Waals surface area contributed by atoms with Crippen LogP contribution in [0.3, 0.4) is 0 Å². The molecule has 1 amide bonds. The van der Waals surface area contributed by atoms with Gasteiger partial charge in [0.05, 0.1) is 11.0 Å². The number of carbonyl (C=O) groups is 2. The van der Waals surface area contributed by atoms with Crippen LogP contribution in [0.5, 0.6) is 0 Å². The van der Waals surface area contributed by atoms with Crippen molar-refractivity contribution in [2.45, 2.75) is 40.2 Å². The Morgan fingerprint density at radius 2 is 1.85 bits per heavy atom. The van der Waals surface area contributed by atoms with Crippen LogP contribution in [0.4, 0.5) is 0 Å². The number of carbonyl (C=O) groups excluding carboxylic acids is 1. The number of rotatable bonds is 5. The third kappa shape index (κ3) is 3.50. The number of amides is 1. The van der Waals surface area contributed by atoms with E-state index in [1.807, 2.05) is 6.92 Å². The summed E-state index contributed by atoms with van der Waals surface area (Å²) in [6, 6.07) is 3.56. The second kappa shape index (κ2) is 5.53. The van der Waals surface area contributed by atoms with Gasteiger partial charge in [-0.15, -0.1) is 0 Å². The summed E-state index contributed by atoms with van der Waals surface area (Å²) in [5.41, 5.74) is -1.98. The highest BCUT2D eigenvalue weighted by Crippen LogP contribution is 2.30. The number of hydrogen-bond acceptors (Lipinski definition) is 3. The smallest absolute Gasteiger partial charge is 0.311 e. The predicted molar refractivity (Wildman–Crippen MR) is 76.1 cm³/mol. The molecule has 1 rings (SSSR count). The summed E-state index contributed by atoms with van der Waals surface area (Å²) in [7, 11) is 0. The van der Waals surface area contributed by atoms with Gasteiger partial charge in [-0.3, -0.25) is 9.59 Å². The van der Waals surface area contributed by atoms with Gasteiger partial charge in [0.1, 0.15) is 11.5 Å². The van der Waals surface area contributed by atoms with Crippen molar-refractivity contribution in [2.75, 3.05) is 0 Å². The zero-order valence-corrected chi connectivity index (χ0v) is 12.5. The van der Waals surface area contributed by atoms with Crippen LogP contribution in [-0.2, 0) is 9.59 Å². The molecule has 1 heterocycles. The molecule has 0 radical (unpaired) electrons. The Balaban J connectivity index is 2.75. The number of nitrogens with one attached hydrogen (secondary N) is 1. The molecule has 0 aromatic carbocycles. The van der Waals surface area contributed by atoms with Crippen LogP contribution < -0.4 is 5.32 Å². The molecule has 0 bridgehead atoms. The number of carboxylic acid groups (broad SMARTS) is 1. The Bertz CT molecular complexity index is 538. The lowest BCUT2D eigenvalue weighted by Gasteiger charge is -2.38. The third-order valence-corrected chi connectivity index (χ3v) is 3.69. The van der Waals surface area contributed by atoms with Gasteiger partial charge in [-0.1, -0.05) is 0 Å². The van der Waals surface area contributed by atoms with E-state index in [-0.39, 0.29) is 5.91 Å². The summed E-state index contributed by atoms with van der Waals surface area (Å²) < 4.78 is 5.31. The van der Waals surface area contributed by atoms with Gasteiger partial charge in [-0.2, -0.15) is 0 Å². The molecule has 0 saturated heterocycles.